The summed E-state index contributed by atoms with van der Waals surface area (Å²) in [7, 11) is 1.22. The van der Waals surface area contributed by atoms with Crippen LogP contribution in [0.2, 0.25) is 0 Å². The lowest BCUT2D eigenvalue weighted by Crippen LogP contribution is -2.42. The van der Waals surface area contributed by atoms with Crippen LogP contribution >= 0.6 is 0 Å². The number of para-hydroxylation sites is 1. The topological polar surface area (TPSA) is 125 Å². The Kier molecular flexibility index (Phi) is 6.26. The van der Waals surface area contributed by atoms with Crippen molar-refractivity contribution >= 4 is 28.7 Å². The van der Waals surface area contributed by atoms with E-state index in [1.54, 1.807) is 12.1 Å². The molecule has 0 atom stereocenters. The van der Waals surface area contributed by atoms with E-state index in [-0.39, 0.29) is 29.0 Å². The predicted molar refractivity (Wildman–Crippen MR) is 120 cm³/mol. The van der Waals surface area contributed by atoms with Crippen LogP contribution in [0.3, 0.4) is 0 Å². The highest BCUT2D eigenvalue weighted by atomic mass is 19.1. The van der Waals surface area contributed by atoms with Gasteiger partial charge in [-0.05, 0) is 29.8 Å². The number of carbonyl (C=O) groups is 2. The Morgan fingerprint density at radius 3 is 2.44 bits per heavy atom. The maximum Gasteiger partial charge on any atom is 0.339 e. The fourth-order valence-corrected chi connectivity index (χ4v) is 3.40. The number of benzene rings is 2. The average Bonchev–Trinajstić information content (AvgIpc) is 2.85. The van der Waals surface area contributed by atoms with Crippen molar-refractivity contribution in [2.24, 2.45) is 0 Å². The molecule has 0 radical (unpaired) electrons. The van der Waals surface area contributed by atoms with Gasteiger partial charge in [0.25, 0.3) is 5.56 Å². The maximum absolute atomic E-state index is 13.3. The number of aromatic nitrogens is 4. The van der Waals surface area contributed by atoms with Gasteiger partial charge in [0.2, 0.25) is 5.91 Å². The van der Waals surface area contributed by atoms with Gasteiger partial charge in [-0.1, -0.05) is 24.3 Å². The van der Waals surface area contributed by atoms with Crippen LogP contribution in [-0.2, 0) is 22.6 Å². The molecule has 0 fully saturated rings. The summed E-state index contributed by atoms with van der Waals surface area (Å²) in [4.78, 5) is 59.0. The Balaban J connectivity index is 1.73. The zero-order chi connectivity index (χ0) is 24.2. The highest BCUT2D eigenvalue weighted by Gasteiger charge is 2.19. The van der Waals surface area contributed by atoms with Crippen LogP contribution in [0.5, 0.6) is 0 Å². The molecule has 0 saturated heterocycles. The van der Waals surface area contributed by atoms with E-state index in [2.05, 4.69) is 15.3 Å². The number of fused-ring (bicyclic) bond motifs is 1. The van der Waals surface area contributed by atoms with Crippen molar-refractivity contribution in [2.45, 2.75) is 13.1 Å². The maximum atomic E-state index is 13.3. The number of carbonyl (C=O) groups excluding carboxylic acids is 2. The van der Waals surface area contributed by atoms with E-state index in [1.807, 2.05) is 0 Å². The minimum Gasteiger partial charge on any atom is -0.465 e. The predicted octanol–water partition coefficient (Wildman–Crippen LogP) is 1.57. The first-order valence-electron chi connectivity index (χ1n) is 10.0. The van der Waals surface area contributed by atoms with E-state index in [1.165, 1.54) is 55.9 Å². The van der Waals surface area contributed by atoms with Gasteiger partial charge in [0, 0.05) is 12.4 Å². The molecule has 0 aliphatic heterocycles. The number of ether oxygens (including phenoxy) is 1. The van der Waals surface area contributed by atoms with Crippen LogP contribution < -0.4 is 16.6 Å². The van der Waals surface area contributed by atoms with Crippen molar-refractivity contribution < 1.29 is 18.7 Å². The van der Waals surface area contributed by atoms with E-state index in [0.717, 1.165) is 9.13 Å². The molecule has 4 aromatic rings. The summed E-state index contributed by atoms with van der Waals surface area (Å²) < 4.78 is 19.9. The van der Waals surface area contributed by atoms with Gasteiger partial charge in [0.05, 0.1) is 24.9 Å². The Hall–Kier alpha value is -4.67. The fourth-order valence-electron chi connectivity index (χ4n) is 3.40. The molecule has 172 valence electrons. The summed E-state index contributed by atoms with van der Waals surface area (Å²) >= 11 is 0. The van der Waals surface area contributed by atoms with Crippen LogP contribution in [0.25, 0.3) is 11.2 Å². The molecule has 1 N–H and O–H groups in total. The van der Waals surface area contributed by atoms with Gasteiger partial charge in [-0.15, -0.1) is 0 Å². The monoisotopic (exact) mass is 463 g/mol. The number of rotatable bonds is 6. The Labute approximate surface area is 191 Å². The smallest absolute Gasteiger partial charge is 0.339 e. The van der Waals surface area contributed by atoms with E-state index in [4.69, 9.17) is 4.74 Å². The van der Waals surface area contributed by atoms with E-state index in [9.17, 15) is 23.6 Å². The summed E-state index contributed by atoms with van der Waals surface area (Å²) in [6.07, 6.45) is 2.60. The number of amides is 1. The van der Waals surface area contributed by atoms with Crippen LogP contribution in [0, 0.1) is 5.82 Å². The molecule has 34 heavy (non-hydrogen) atoms. The molecule has 0 aliphatic carbocycles. The van der Waals surface area contributed by atoms with Crippen molar-refractivity contribution in [3.63, 3.8) is 0 Å². The highest BCUT2D eigenvalue weighted by Crippen LogP contribution is 2.16. The molecule has 11 heteroatoms. The van der Waals surface area contributed by atoms with E-state index in [0.29, 0.717) is 5.56 Å². The number of hydrogen-bond acceptors (Lipinski definition) is 7. The number of methoxy groups -OCH3 is 1. The van der Waals surface area contributed by atoms with Crippen LogP contribution in [0.4, 0.5) is 10.1 Å². The molecule has 0 saturated carbocycles. The minimum atomic E-state index is -0.793. The van der Waals surface area contributed by atoms with E-state index >= 15 is 0 Å². The number of halogens is 1. The van der Waals surface area contributed by atoms with Gasteiger partial charge in [-0.2, -0.15) is 0 Å². The molecule has 1 amide bonds. The first-order chi connectivity index (χ1) is 16.4. The lowest BCUT2D eigenvalue weighted by molar-refractivity contribution is -0.116. The Bertz CT molecular complexity index is 1510. The molecule has 2 aromatic heterocycles. The van der Waals surface area contributed by atoms with Crippen molar-refractivity contribution in [2.75, 3.05) is 12.4 Å². The second kappa shape index (κ2) is 9.45. The normalized spacial score (nSPS) is 10.8. The van der Waals surface area contributed by atoms with Crippen LogP contribution in [0.15, 0.2) is 70.5 Å². The van der Waals surface area contributed by atoms with E-state index < -0.39 is 35.5 Å². The van der Waals surface area contributed by atoms with Gasteiger partial charge < -0.3 is 10.1 Å². The molecule has 10 nitrogen and oxygen atoms in total. The lowest BCUT2D eigenvalue weighted by Gasteiger charge is -2.14. The highest BCUT2D eigenvalue weighted by molar-refractivity contribution is 6.01. The molecule has 0 spiro atoms. The first kappa shape index (κ1) is 22.5. The second-order valence-corrected chi connectivity index (χ2v) is 7.20. The van der Waals surface area contributed by atoms with Gasteiger partial charge in [0.15, 0.2) is 11.2 Å². The van der Waals surface area contributed by atoms with Crippen molar-refractivity contribution in [1.29, 1.82) is 0 Å². The summed E-state index contributed by atoms with van der Waals surface area (Å²) in [5.74, 6) is -1.74. The van der Waals surface area contributed by atoms with Gasteiger partial charge in [0.1, 0.15) is 12.4 Å². The summed E-state index contributed by atoms with van der Waals surface area (Å²) in [5.41, 5.74) is -0.814. The number of nitrogens with one attached hydrogen (secondary N) is 1. The third kappa shape index (κ3) is 4.44. The Morgan fingerprint density at radius 1 is 1.00 bits per heavy atom. The Morgan fingerprint density at radius 2 is 1.71 bits per heavy atom. The summed E-state index contributed by atoms with van der Waals surface area (Å²) in [6, 6.07) is 11.6. The fraction of sp³-hybridized carbons (Fsp3) is 0.130. The third-order valence-electron chi connectivity index (χ3n) is 5.01. The average molecular weight is 463 g/mol. The zero-order valence-electron chi connectivity index (χ0n) is 17.9. The number of anilines is 1. The van der Waals surface area contributed by atoms with Gasteiger partial charge >= 0.3 is 11.7 Å². The van der Waals surface area contributed by atoms with Gasteiger partial charge in [-0.25, -0.2) is 23.9 Å². The number of esters is 1. The number of hydrogen-bond donors (Lipinski definition) is 1. The molecular formula is C23H18FN5O5. The van der Waals surface area contributed by atoms with Crippen molar-refractivity contribution in [1.82, 2.24) is 19.1 Å². The third-order valence-corrected chi connectivity index (χ3v) is 5.01. The molecule has 4 rings (SSSR count). The standard InChI is InChI=1S/C23H18FN5O5/c1-34-22(32)16-4-2-3-5-17(16)27-18(30)13-28-20-19(25-10-11-26-20)21(31)29(23(28)33)12-14-6-8-15(24)9-7-14/h2-11H,12-13H2,1H3,(H,27,30). The first-order valence-corrected chi connectivity index (χ1v) is 10.0. The quantitative estimate of drug-likeness (QED) is 0.430. The molecular weight excluding hydrogens is 445 g/mol. The minimum absolute atomic E-state index is 0.0655. The SMILES string of the molecule is COC(=O)c1ccccc1NC(=O)Cn1c(=O)n(Cc2ccc(F)cc2)c(=O)c2nccnc21. The molecule has 0 unspecified atom stereocenters. The van der Waals surface area contributed by atoms with Crippen LogP contribution in [0.1, 0.15) is 15.9 Å². The second-order valence-electron chi connectivity index (χ2n) is 7.20. The van der Waals surface area contributed by atoms with Gasteiger partial charge in [-0.3, -0.25) is 18.7 Å². The van der Waals surface area contributed by atoms with Crippen molar-refractivity contribution in [3.05, 3.63) is 98.7 Å². The zero-order valence-corrected chi connectivity index (χ0v) is 17.9. The van der Waals surface area contributed by atoms with Crippen LogP contribution in [-0.4, -0.2) is 38.1 Å². The summed E-state index contributed by atoms with van der Waals surface area (Å²) in [5, 5.41) is 2.58. The largest absolute Gasteiger partial charge is 0.465 e. The number of nitrogens with zero attached hydrogens (tertiary/aromatic N) is 4. The molecule has 0 aliphatic rings. The molecule has 0 bridgehead atoms. The molecule has 2 aromatic carbocycles. The lowest BCUT2D eigenvalue weighted by atomic mass is 10.2. The molecule has 2 heterocycles. The van der Waals surface area contributed by atoms with Crippen molar-refractivity contribution in [3.8, 4) is 0 Å². The summed E-state index contributed by atoms with van der Waals surface area (Å²) in [6.45, 7) is -0.662.